The summed E-state index contributed by atoms with van der Waals surface area (Å²) >= 11 is 0. The fourth-order valence-electron chi connectivity index (χ4n) is 3.32. The maximum atomic E-state index is 12.7. The number of nitro groups is 1. The molecule has 1 aliphatic heterocycles. The minimum atomic E-state index is -3.17. The average molecular weight is 412 g/mol. The Morgan fingerprint density at radius 1 is 1.39 bits per heavy atom. The zero-order valence-electron chi connectivity index (χ0n) is 16.1. The second-order valence-electron chi connectivity index (χ2n) is 6.90. The van der Waals surface area contributed by atoms with Gasteiger partial charge in [0.15, 0.2) is 16.4 Å². The lowest BCUT2D eigenvalue weighted by atomic mass is 10.1. The Morgan fingerprint density at radius 2 is 2.07 bits per heavy atom. The molecule has 1 aromatic carbocycles. The predicted octanol–water partition coefficient (Wildman–Crippen LogP) is 1.87. The number of sulfone groups is 1. The third-order valence-corrected chi connectivity index (χ3v) is 6.75. The fraction of sp³-hybridized carbons (Fsp3) is 0.556. The molecule has 0 aliphatic carbocycles. The fourth-order valence-corrected chi connectivity index (χ4v) is 5.03. The summed E-state index contributed by atoms with van der Waals surface area (Å²) in [4.78, 5) is 36.9. The van der Waals surface area contributed by atoms with E-state index in [0.29, 0.717) is 12.8 Å². The van der Waals surface area contributed by atoms with E-state index in [9.17, 15) is 28.1 Å². The Bertz CT molecular complexity index is 882. The molecule has 0 aromatic heterocycles. The summed E-state index contributed by atoms with van der Waals surface area (Å²) in [5, 5.41) is 11.0. The lowest BCUT2D eigenvalue weighted by Crippen LogP contribution is -2.48. The Balaban J connectivity index is 2.11. The molecule has 1 aliphatic rings. The van der Waals surface area contributed by atoms with Crippen molar-refractivity contribution in [1.82, 2.24) is 4.90 Å². The molecule has 0 N–H and O–H groups in total. The molecule has 0 bridgehead atoms. The summed E-state index contributed by atoms with van der Waals surface area (Å²) in [5.74, 6) is -1.38. The first-order valence-electron chi connectivity index (χ1n) is 9.00. The predicted molar refractivity (Wildman–Crippen MR) is 102 cm³/mol. The topological polar surface area (TPSA) is 124 Å². The SMILES string of the molecule is CCC(C)N(C(=O)COC(=O)c1cccc([N+](=O)[O-])c1C)C1CCS(=O)(=O)C1. The van der Waals surface area contributed by atoms with Gasteiger partial charge in [0.25, 0.3) is 11.6 Å². The molecule has 1 heterocycles. The zero-order valence-corrected chi connectivity index (χ0v) is 16.9. The van der Waals surface area contributed by atoms with Crippen molar-refractivity contribution in [3.63, 3.8) is 0 Å². The number of carbonyl (C=O) groups is 2. The van der Waals surface area contributed by atoms with Gasteiger partial charge in [-0.05, 0) is 32.8 Å². The van der Waals surface area contributed by atoms with Gasteiger partial charge in [-0.3, -0.25) is 14.9 Å². The second-order valence-corrected chi connectivity index (χ2v) is 9.13. The van der Waals surface area contributed by atoms with Crippen molar-refractivity contribution >= 4 is 27.4 Å². The summed E-state index contributed by atoms with van der Waals surface area (Å²) in [6.07, 6.45) is 0.983. The number of esters is 1. The average Bonchev–Trinajstić information content (AvgIpc) is 2.98. The van der Waals surface area contributed by atoms with Crippen LogP contribution in [0.5, 0.6) is 0 Å². The molecule has 0 radical (unpaired) electrons. The van der Waals surface area contributed by atoms with Crippen LogP contribution in [0.1, 0.15) is 42.6 Å². The van der Waals surface area contributed by atoms with E-state index in [4.69, 9.17) is 4.74 Å². The first-order valence-corrected chi connectivity index (χ1v) is 10.8. The summed E-state index contributed by atoms with van der Waals surface area (Å²) in [6, 6.07) is 3.40. The van der Waals surface area contributed by atoms with E-state index in [2.05, 4.69) is 0 Å². The summed E-state index contributed by atoms with van der Waals surface area (Å²) in [7, 11) is -3.17. The van der Waals surface area contributed by atoms with E-state index in [1.54, 1.807) is 0 Å². The highest BCUT2D eigenvalue weighted by Crippen LogP contribution is 2.23. The van der Waals surface area contributed by atoms with Crippen LogP contribution in [-0.2, 0) is 19.4 Å². The Kier molecular flexibility index (Phi) is 6.76. The molecule has 0 saturated carbocycles. The van der Waals surface area contributed by atoms with Gasteiger partial charge in [-0.25, -0.2) is 13.2 Å². The number of hydrogen-bond acceptors (Lipinski definition) is 7. The van der Waals surface area contributed by atoms with Crippen LogP contribution in [0.15, 0.2) is 18.2 Å². The van der Waals surface area contributed by atoms with E-state index in [-0.39, 0.29) is 34.4 Å². The minimum absolute atomic E-state index is 0.0144. The maximum absolute atomic E-state index is 12.7. The number of hydrogen-bond donors (Lipinski definition) is 0. The van der Waals surface area contributed by atoms with Crippen LogP contribution in [0.25, 0.3) is 0 Å². The highest BCUT2D eigenvalue weighted by atomic mass is 32.2. The van der Waals surface area contributed by atoms with Crippen molar-refractivity contribution < 1.29 is 27.7 Å². The third-order valence-electron chi connectivity index (χ3n) is 5.00. The van der Waals surface area contributed by atoms with Crippen molar-refractivity contribution in [2.75, 3.05) is 18.1 Å². The molecule has 2 rings (SSSR count). The number of benzene rings is 1. The summed E-state index contributed by atoms with van der Waals surface area (Å²) in [5.41, 5.74) is -0.0377. The van der Waals surface area contributed by atoms with Crippen LogP contribution in [0.4, 0.5) is 5.69 Å². The summed E-state index contributed by atoms with van der Waals surface area (Å²) < 4.78 is 28.6. The van der Waals surface area contributed by atoms with Gasteiger partial charge in [0, 0.05) is 23.7 Å². The van der Waals surface area contributed by atoms with E-state index in [1.165, 1.54) is 30.0 Å². The van der Waals surface area contributed by atoms with Crippen LogP contribution in [0, 0.1) is 17.0 Å². The van der Waals surface area contributed by atoms with Gasteiger partial charge in [-0.15, -0.1) is 0 Å². The molecule has 1 saturated heterocycles. The smallest absolute Gasteiger partial charge is 0.339 e. The number of nitro benzene ring substituents is 1. The van der Waals surface area contributed by atoms with Crippen molar-refractivity contribution in [3.05, 3.63) is 39.4 Å². The van der Waals surface area contributed by atoms with Crippen molar-refractivity contribution in [3.8, 4) is 0 Å². The molecular weight excluding hydrogens is 388 g/mol. The van der Waals surface area contributed by atoms with Gasteiger partial charge in [0.1, 0.15) is 0 Å². The van der Waals surface area contributed by atoms with Crippen molar-refractivity contribution in [2.45, 2.75) is 45.7 Å². The molecule has 1 fully saturated rings. The zero-order chi connectivity index (χ0) is 21.1. The lowest BCUT2D eigenvalue weighted by Gasteiger charge is -2.33. The van der Waals surface area contributed by atoms with Crippen LogP contribution in [0.2, 0.25) is 0 Å². The quantitative estimate of drug-likeness (QED) is 0.380. The molecule has 2 unspecified atom stereocenters. The number of amides is 1. The molecule has 0 spiro atoms. The molecule has 28 heavy (non-hydrogen) atoms. The van der Waals surface area contributed by atoms with E-state index in [0.717, 1.165) is 0 Å². The normalized spacial score (nSPS) is 19.0. The van der Waals surface area contributed by atoms with E-state index >= 15 is 0 Å². The van der Waals surface area contributed by atoms with Crippen LogP contribution in [-0.4, -0.2) is 60.3 Å². The van der Waals surface area contributed by atoms with E-state index < -0.39 is 39.3 Å². The Morgan fingerprint density at radius 3 is 2.61 bits per heavy atom. The third kappa shape index (κ3) is 4.86. The molecule has 1 aromatic rings. The Labute approximate surface area is 163 Å². The first-order chi connectivity index (χ1) is 13.1. The van der Waals surface area contributed by atoms with Gasteiger partial charge in [-0.2, -0.15) is 0 Å². The number of rotatable bonds is 7. The monoisotopic (exact) mass is 412 g/mol. The molecular formula is C18H24N2O7S. The van der Waals surface area contributed by atoms with Crippen LogP contribution >= 0.6 is 0 Å². The number of ether oxygens (including phenoxy) is 1. The summed E-state index contributed by atoms with van der Waals surface area (Å²) in [6.45, 7) is 4.58. The van der Waals surface area contributed by atoms with Crippen LogP contribution < -0.4 is 0 Å². The standard InChI is InChI=1S/C18H24N2O7S/c1-4-12(2)19(14-8-9-28(25,26)11-14)17(21)10-27-18(22)15-6-5-7-16(13(15)3)20(23)24/h5-7,12,14H,4,8-11H2,1-3H3. The molecule has 10 heteroatoms. The molecule has 2 atom stereocenters. The molecule has 9 nitrogen and oxygen atoms in total. The van der Waals surface area contributed by atoms with Gasteiger partial charge >= 0.3 is 5.97 Å². The maximum Gasteiger partial charge on any atom is 0.339 e. The van der Waals surface area contributed by atoms with Gasteiger partial charge in [0.2, 0.25) is 0 Å². The lowest BCUT2D eigenvalue weighted by molar-refractivity contribution is -0.385. The molecule has 154 valence electrons. The van der Waals surface area contributed by atoms with Gasteiger partial charge in [0.05, 0.1) is 22.0 Å². The minimum Gasteiger partial charge on any atom is -0.452 e. The Hall–Kier alpha value is -2.49. The van der Waals surface area contributed by atoms with Gasteiger partial charge < -0.3 is 9.64 Å². The largest absolute Gasteiger partial charge is 0.452 e. The van der Waals surface area contributed by atoms with Gasteiger partial charge in [-0.1, -0.05) is 13.0 Å². The highest BCUT2D eigenvalue weighted by Gasteiger charge is 2.36. The van der Waals surface area contributed by atoms with Crippen molar-refractivity contribution in [2.24, 2.45) is 0 Å². The first kappa shape index (κ1) is 21.8. The van der Waals surface area contributed by atoms with Crippen molar-refractivity contribution in [1.29, 1.82) is 0 Å². The number of carbonyl (C=O) groups excluding carboxylic acids is 2. The highest BCUT2D eigenvalue weighted by molar-refractivity contribution is 7.91. The molecule has 1 amide bonds. The number of nitrogens with zero attached hydrogens (tertiary/aromatic N) is 2. The van der Waals surface area contributed by atoms with E-state index in [1.807, 2.05) is 13.8 Å². The second kappa shape index (κ2) is 8.68. The van der Waals surface area contributed by atoms with Crippen LogP contribution in [0.3, 0.4) is 0 Å².